The Labute approximate surface area is 103 Å². The molecule has 1 heterocycles. The van der Waals surface area contributed by atoms with Crippen molar-refractivity contribution in [2.24, 2.45) is 0 Å². The molecule has 4 nitrogen and oxygen atoms in total. The highest BCUT2D eigenvalue weighted by atomic mass is 16.5. The predicted molar refractivity (Wildman–Crippen MR) is 68.3 cm³/mol. The molecule has 1 N–H and O–H groups in total. The second-order valence-electron chi connectivity index (χ2n) is 5.00. The van der Waals surface area contributed by atoms with E-state index >= 15 is 0 Å². The van der Waals surface area contributed by atoms with Gasteiger partial charge >= 0.3 is 0 Å². The molecule has 1 aromatic heterocycles. The fourth-order valence-corrected chi connectivity index (χ4v) is 2.12. The van der Waals surface area contributed by atoms with Crippen molar-refractivity contribution in [2.75, 3.05) is 5.32 Å². The number of hydrogen-bond acceptors (Lipinski definition) is 4. The zero-order valence-electron chi connectivity index (χ0n) is 10.9. The Morgan fingerprint density at radius 2 is 2.24 bits per heavy atom. The minimum Gasteiger partial charge on any atom is -0.475 e. The molecule has 17 heavy (non-hydrogen) atoms. The van der Waals surface area contributed by atoms with Gasteiger partial charge in [0.1, 0.15) is 0 Å². The molecule has 1 saturated carbocycles. The van der Waals surface area contributed by atoms with E-state index in [1.807, 2.05) is 13.8 Å². The molecule has 1 aliphatic rings. The molecule has 0 spiro atoms. The molecule has 2 rings (SSSR count). The van der Waals surface area contributed by atoms with Gasteiger partial charge in [-0.15, -0.1) is 0 Å². The minimum atomic E-state index is 0.140. The van der Waals surface area contributed by atoms with Gasteiger partial charge in [-0.2, -0.15) is 4.98 Å². The quantitative estimate of drug-likeness (QED) is 0.852. The van der Waals surface area contributed by atoms with Crippen LogP contribution in [-0.4, -0.2) is 21.6 Å². The van der Waals surface area contributed by atoms with Gasteiger partial charge in [0.15, 0.2) is 0 Å². The lowest BCUT2D eigenvalue weighted by atomic mass is 9.75. The molecule has 0 bridgehead atoms. The summed E-state index contributed by atoms with van der Waals surface area (Å²) in [5.41, 5.74) is 0.219. The summed E-state index contributed by atoms with van der Waals surface area (Å²) in [5.74, 6) is 1.33. The fraction of sp³-hybridized carbons (Fsp3) is 0.692. The van der Waals surface area contributed by atoms with Crippen LogP contribution in [0.4, 0.5) is 5.95 Å². The zero-order chi connectivity index (χ0) is 12.3. The van der Waals surface area contributed by atoms with E-state index in [9.17, 15) is 0 Å². The van der Waals surface area contributed by atoms with Crippen LogP contribution < -0.4 is 10.1 Å². The van der Waals surface area contributed by atoms with Crippen LogP contribution in [0.2, 0.25) is 0 Å². The fourth-order valence-electron chi connectivity index (χ4n) is 2.12. The van der Waals surface area contributed by atoms with Crippen molar-refractivity contribution in [1.82, 2.24) is 9.97 Å². The van der Waals surface area contributed by atoms with Crippen LogP contribution in [0.1, 0.15) is 46.5 Å². The molecular formula is C13H21N3O. The van der Waals surface area contributed by atoms with E-state index in [0.717, 1.165) is 6.42 Å². The van der Waals surface area contributed by atoms with E-state index in [4.69, 9.17) is 4.74 Å². The molecule has 1 aromatic rings. The van der Waals surface area contributed by atoms with Crippen LogP contribution in [0.15, 0.2) is 12.3 Å². The Balaban J connectivity index is 2.05. The third kappa shape index (κ3) is 2.87. The Kier molecular flexibility index (Phi) is 3.50. The Hall–Kier alpha value is -1.32. The van der Waals surface area contributed by atoms with E-state index in [1.54, 1.807) is 12.3 Å². The lowest BCUT2D eigenvalue weighted by molar-refractivity contribution is 0.231. The molecule has 0 aliphatic heterocycles. The van der Waals surface area contributed by atoms with Crippen molar-refractivity contribution >= 4 is 5.95 Å². The highest BCUT2D eigenvalue weighted by Crippen LogP contribution is 2.37. The number of ether oxygens (including phenoxy) is 1. The van der Waals surface area contributed by atoms with Gasteiger partial charge in [0.05, 0.1) is 6.10 Å². The average molecular weight is 235 g/mol. The minimum absolute atomic E-state index is 0.140. The molecule has 94 valence electrons. The molecule has 0 aromatic carbocycles. The van der Waals surface area contributed by atoms with Gasteiger partial charge in [-0.25, -0.2) is 4.98 Å². The molecule has 0 radical (unpaired) electrons. The standard InChI is InChI=1S/C13H21N3O/c1-4-13(7-5-8-13)16-12-14-9-6-11(15-12)17-10(2)3/h6,9-10H,4-5,7-8H2,1-3H3,(H,14,15,16). The first kappa shape index (κ1) is 12.1. The van der Waals surface area contributed by atoms with Crippen LogP contribution in [0.3, 0.4) is 0 Å². The normalized spacial score (nSPS) is 17.6. The summed E-state index contributed by atoms with van der Waals surface area (Å²) in [6.45, 7) is 6.20. The SMILES string of the molecule is CCC1(Nc2nccc(OC(C)C)n2)CCC1. The highest BCUT2D eigenvalue weighted by molar-refractivity contribution is 5.33. The third-order valence-corrected chi connectivity index (χ3v) is 3.35. The Morgan fingerprint density at radius 1 is 1.47 bits per heavy atom. The predicted octanol–water partition coefficient (Wildman–Crippen LogP) is 3.01. The molecule has 0 amide bonds. The second-order valence-corrected chi connectivity index (χ2v) is 5.00. The zero-order valence-corrected chi connectivity index (χ0v) is 10.9. The van der Waals surface area contributed by atoms with Gasteiger partial charge in [-0.05, 0) is 39.5 Å². The largest absolute Gasteiger partial charge is 0.475 e. The van der Waals surface area contributed by atoms with E-state index in [2.05, 4.69) is 22.2 Å². The first-order valence-electron chi connectivity index (χ1n) is 6.41. The van der Waals surface area contributed by atoms with Gasteiger partial charge < -0.3 is 10.1 Å². The molecule has 1 fully saturated rings. The van der Waals surface area contributed by atoms with Gasteiger partial charge in [0, 0.05) is 17.8 Å². The Bertz CT molecular complexity index is 369. The molecule has 0 atom stereocenters. The summed E-state index contributed by atoms with van der Waals surface area (Å²) in [7, 11) is 0. The van der Waals surface area contributed by atoms with Gasteiger partial charge in [0.25, 0.3) is 0 Å². The molecule has 4 heteroatoms. The third-order valence-electron chi connectivity index (χ3n) is 3.35. The number of aromatic nitrogens is 2. The maximum Gasteiger partial charge on any atom is 0.226 e. The van der Waals surface area contributed by atoms with Crippen molar-refractivity contribution in [3.63, 3.8) is 0 Å². The van der Waals surface area contributed by atoms with Crippen molar-refractivity contribution < 1.29 is 4.74 Å². The van der Waals surface area contributed by atoms with Crippen LogP contribution in [0.5, 0.6) is 5.88 Å². The molecule has 0 saturated heterocycles. The lowest BCUT2D eigenvalue weighted by Crippen LogP contribution is -2.44. The van der Waals surface area contributed by atoms with Crippen molar-refractivity contribution in [3.8, 4) is 5.88 Å². The smallest absolute Gasteiger partial charge is 0.226 e. The maximum atomic E-state index is 5.56. The highest BCUT2D eigenvalue weighted by Gasteiger charge is 2.35. The maximum absolute atomic E-state index is 5.56. The summed E-state index contributed by atoms with van der Waals surface area (Å²) < 4.78 is 5.56. The van der Waals surface area contributed by atoms with E-state index in [0.29, 0.717) is 11.8 Å². The number of anilines is 1. The first-order valence-corrected chi connectivity index (χ1v) is 6.41. The van der Waals surface area contributed by atoms with Gasteiger partial charge in [0.2, 0.25) is 11.8 Å². The summed E-state index contributed by atoms with van der Waals surface area (Å²) in [5, 5.41) is 3.45. The van der Waals surface area contributed by atoms with Crippen LogP contribution in [-0.2, 0) is 0 Å². The van der Waals surface area contributed by atoms with Crippen molar-refractivity contribution in [3.05, 3.63) is 12.3 Å². The second kappa shape index (κ2) is 4.90. The van der Waals surface area contributed by atoms with Crippen molar-refractivity contribution in [1.29, 1.82) is 0 Å². The van der Waals surface area contributed by atoms with Crippen LogP contribution in [0, 0.1) is 0 Å². The number of nitrogens with zero attached hydrogens (tertiary/aromatic N) is 2. The van der Waals surface area contributed by atoms with Gasteiger partial charge in [-0.1, -0.05) is 6.92 Å². The van der Waals surface area contributed by atoms with E-state index < -0.39 is 0 Å². The number of hydrogen-bond donors (Lipinski definition) is 1. The van der Waals surface area contributed by atoms with Crippen molar-refractivity contribution in [2.45, 2.75) is 58.1 Å². The molecular weight excluding hydrogens is 214 g/mol. The molecule has 1 aliphatic carbocycles. The van der Waals surface area contributed by atoms with E-state index in [-0.39, 0.29) is 11.6 Å². The van der Waals surface area contributed by atoms with E-state index in [1.165, 1.54) is 19.3 Å². The number of rotatable bonds is 5. The summed E-state index contributed by atoms with van der Waals surface area (Å²) >= 11 is 0. The summed E-state index contributed by atoms with van der Waals surface area (Å²) in [4.78, 5) is 8.64. The monoisotopic (exact) mass is 235 g/mol. The average Bonchev–Trinajstić information content (AvgIpc) is 2.23. The number of nitrogens with one attached hydrogen (secondary N) is 1. The summed E-state index contributed by atoms with van der Waals surface area (Å²) in [6.07, 6.45) is 6.72. The van der Waals surface area contributed by atoms with Crippen LogP contribution in [0.25, 0.3) is 0 Å². The topological polar surface area (TPSA) is 47.0 Å². The molecule has 0 unspecified atom stereocenters. The summed E-state index contributed by atoms with van der Waals surface area (Å²) in [6, 6.07) is 1.80. The van der Waals surface area contributed by atoms with Crippen LogP contribution >= 0.6 is 0 Å². The van der Waals surface area contributed by atoms with Gasteiger partial charge in [-0.3, -0.25) is 0 Å². The first-order chi connectivity index (χ1) is 8.13. The Morgan fingerprint density at radius 3 is 2.76 bits per heavy atom. The lowest BCUT2D eigenvalue weighted by Gasteiger charge is -2.41.